The maximum absolute atomic E-state index is 9.64. The van der Waals surface area contributed by atoms with Crippen molar-refractivity contribution in [2.24, 2.45) is 5.92 Å². The Balaban J connectivity index is 2.03. The maximum Gasteiger partial charge on any atom is 0.0772 e. The highest BCUT2D eigenvalue weighted by Crippen LogP contribution is 2.28. The number of rotatable bonds is 4. The van der Waals surface area contributed by atoms with Gasteiger partial charge in [0.15, 0.2) is 0 Å². The number of aliphatic hydroxyl groups is 1. The summed E-state index contributed by atoms with van der Waals surface area (Å²) in [7, 11) is 4.33. The highest BCUT2D eigenvalue weighted by Gasteiger charge is 2.21. The third-order valence-corrected chi connectivity index (χ3v) is 4.58. The second-order valence-corrected chi connectivity index (χ2v) is 6.53. The van der Waals surface area contributed by atoms with Crippen molar-refractivity contribution in [3.8, 4) is 0 Å². The van der Waals surface area contributed by atoms with E-state index >= 15 is 0 Å². The van der Waals surface area contributed by atoms with Crippen LogP contribution in [0.4, 0.5) is 5.69 Å². The van der Waals surface area contributed by atoms with Crippen LogP contribution in [0, 0.1) is 5.92 Å². The van der Waals surface area contributed by atoms with E-state index in [2.05, 4.69) is 52.0 Å². The lowest BCUT2D eigenvalue weighted by atomic mass is 10.1. The van der Waals surface area contributed by atoms with Gasteiger partial charge in [-0.1, -0.05) is 22.0 Å². The van der Waals surface area contributed by atoms with Gasteiger partial charge in [-0.25, -0.2) is 0 Å². The number of nitrogens with zero attached hydrogens (tertiary/aromatic N) is 2. The van der Waals surface area contributed by atoms with Gasteiger partial charge in [-0.05, 0) is 50.6 Å². The zero-order chi connectivity index (χ0) is 14.0. The molecule has 3 nitrogen and oxygen atoms in total. The van der Waals surface area contributed by atoms with E-state index in [-0.39, 0.29) is 0 Å². The van der Waals surface area contributed by atoms with Crippen LogP contribution in [0.1, 0.15) is 25.0 Å². The van der Waals surface area contributed by atoms with E-state index in [4.69, 9.17) is 0 Å². The Hall–Kier alpha value is -0.580. The minimum absolute atomic E-state index is 0.433. The Morgan fingerprint density at radius 1 is 1.53 bits per heavy atom. The number of anilines is 1. The van der Waals surface area contributed by atoms with Gasteiger partial charge in [-0.2, -0.15) is 0 Å². The predicted octanol–water partition coefficient (Wildman–Crippen LogP) is 2.89. The number of benzene rings is 1. The third-order valence-electron chi connectivity index (χ3n) is 3.90. The molecule has 1 fully saturated rings. The molecule has 0 bridgehead atoms. The van der Waals surface area contributed by atoms with Crippen molar-refractivity contribution in [1.29, 1.82) is 0 Å². The molecule has 2 unspecified atom stereocenters. The topological polar surface area (TPSA) is 26.7 Å². The van der Waals surface area contributed by atoms with Gasteiger partial charge in [0.2, 0.25) is 0 Å². The van der Waals surface area contributed by atoms with E-state index in [9.17, 15) is 5.11 Å². The molecule has 0 amide bonds. The van der Waals surface area contributed by atoms with Gasteiger partial charge in [0, 0.05) is 30.3 Å². The fraction of sp³-hybridized carbons (Fsp3) is 0.600. The van der Waals surface area contributed by atoms with Crippen molar-refractivity contribution in [2.45, 2.75) is 19.4 Å². The van der Waals surface area contributed by atoms with Crippen LogP contribution in [0.25, 0.3) is 0 Å². The van der Waals surface area contributed by atoms with Gasteiger partial charge in [0.25, 0.3) is 0 Å². The molecular weight excluding hydrogens is 304 g/mol. The SMILES string of the molecule is CC(O)c1ccc(N(C)CC2CCN(C)C2)cc1Br. The molecule has 1 aromatic carbocycles. The molecule has 19 heavy (non-hydrogen) atoms. The Morgan fingerprint density at radius 2 is 2.26 bits per heavy atom. The molecule has 0 aliphatic carbocycles. The van der Waals surface area contributed by atoms with E-state index in [0.29, 0.717) is 0 Å². The maximum atomic E-state index is 9.64. The molecule has 2 atom stereocenters. The first-order valence-electron chi connectivity index (χ1n) is 6.84. The summed E-state index contributed by atoms with van der Waals surface area (Å²) in [5.41, 5.74) is 2.14. The largest absolute Gasteiger partial charge is 0.389 e. The first kappa shape index (κ1) is 14.8. The molecule has 0 radical (unpaired) electrons. The molecule has 4 heteroatoms. The minimum Gasteiger partial charge on any atom is -0.389 e. The molecule has 106 valence electrons. The molecule has 2 rings (SSSR count). The molecule has 0 spiro atoms. The molecule has 1 aliphatic heterocycles. The Kier molecular flexibility index (Phi) is 4.87. The lowest BCUT2D eigenvalue weighted by Gasteiger charge is -2.24. The van der Waals surface area contributed by atoms with Gasteiger partial charge in [-0.3, -0.25) is 0 Å². The lowest BCUT2D eigenvalue weighted by molar-refractivity contribution is 0.198. The van der Waals surface area contributed by atoms with E-state index in [1.807, 2.05) is 6.07 Å². The normalized spacial score (nSPS) is 21.6. The van der Waals surface area contributed by atoms with Crippen LogP contribution in [0.3, 0.4) is 0 Å². The number of aliphatic hydroxyl groups excluding tert-OH is 1. The van der Waals surface area contributed by atoms with E-state index in [1.54, 1.807) is 6.92 Å². The first-order valence-corrected chi connectivity index (χ1v) is 7.64. The van der Waals surface area contributed by atoms with Gasteiger partial charge in [-0.15, -0.1) is 0 Å². The number of hydrogen-bond acceptors (Lipinski definition) is 3. The number of halogens is 1. The van der Waals surface area contributed by atoms with Gasteiger partial charge >= 0.3 is 0 Å². The predicted molar refractivity (Wildman–Crippen MR) is 83.6 cm³/mol. The summed E-state index contributed by atoms with van der Waals surface area (Å²) in [5, 5.41) is 9.64. The van der Waals surface area contributed by atoms with Crippen LogP contribution in [0.2, 0.25) is 0 Å². The zero-order valence-corrected chi connectivity index (χ0v) is 13.5. The van der Waals surface area contributed by atoms with Gasteiger partial charge in [0.1, 0.15) is 0 Å². The summed E-state index contributed by atoms with van der Waals surface area (Å²) in [5.74, 6) is 0.755. The van der Waals surface area contributed by atoms with Gasteiger partial charge in [0.05, 0.1) is 6.10 Å². The van der Waals surface area contributed by atoms with Crippen molar-refractivity contribution < 1.29 is 5.11 Å². The van der Waals surface area contributed by atoms with Gasteiger partial charge < -0.3 is 14.9 Å². The molecule has 1 aliphatic rings. The highest BCUT2D eigenvalue weighted by atomic mass is 79.9. The molecular formula is C15H23BrN2O. The standard InChI is InChI=1S/C15H23BrN2O/c1-11(19)14-5-4-13(8-15(14)16)18(3)10-12-6-7-17(2)9-12/h4-5,8,11-12,19H,6-7,9-10H2,1-3H3. The van der Waals surface area contributed by atoms with E-state index in [1.165, 1.54) is 25.2 Å². The summed E-state index contributed by atoms with van der Waals surface area (Å²) in [6.45, 7) is 5.28. The second-order valence-electron chi connectivity index (χ2n) is 5.68. The quantitative estimate of drug-likeness (QED) is 0.921. The molecule has 0 saturated carbocycles. The van der Waals surface area contributed by atoms with Crippen molar-refractivity contribution in [3.05, 3.63) is 28.2 Å². The summed E-state index contributed by atoms with van der Waals surface area (Å²) >= 11 is 3.54. The molecule has 1 heterocycles. The monoisotopic (exact) mass is 326 g/mol. The second kappa shape index (κ2) is 6.25. The van der Waals surface area contributed by atoms with E-state index in [0.717, 1.165) is 22.5 Å². The van der Waals surface area contributed by atoms with Crippen molar-refractivity contribution in [1.82, 2.24) is 4.90 Å². The Morgan fingerprint density at radius 3 is 2.79 bits per heavy atom. The smallest absolute Gasteiger partial charge is 0.0772 e. The highest BCUT2D eigenvalue weighted by molar-refractivity contribution is 9.10. The van der Waals surface area contributed by atoms with Crippen LogP contribution in [-0.2, 0) is 0 Å². The number of hydrogen-bond donors (Lipinski definition) is 1. The minimum atomic E-state index is -0.433. The average Bonchev–Trinajstić information content (AvgIpc) is 2.74. The first-order chi connectivity index (χ1) is 8.97. The van der Waals surface area contributed by atoms with Crippen molar-refractivity contribution in [3.63, 3.8) is 0 Å². The van der Waals surface area contributed by atoms with Crippen LogP contribution in [0.5, 0.6) is 0 Å². The molecule has 1 aromatic rings. The summed E-state index contributed by atoms with van der Waals surface area (Å²) < 4.78 is 0.982. The summed E-state index contributed by atoms with van der Waals surface area (Å²) in [6, 6.07) is 6.19. The van der Waals surface area contributed by atoms with E-state index < -0.39 is 6.10 Å². The van der Waals surface area contributed by atoms with Crippen LogP contribution in [0.15, 0.2) is 22.7 Å². The zero-order valence-electron chi connectivity index (χ0n) is 11.9. The lowest BCUT2D eigenvalue weighted by Crippen LogP contribution is -2.27. The van der Waals surface area contributed by atoms with Crippen LogP contribution < -0.4 is 4.90 Å². The van der Waals surface area contributed by atoms with Crippen LogP contribution >= 0.6 is 15.9 Å². The van der Waals surface area contributed by atoms with Crippen molar-refractivity contribution in [2.75, 3.05) is 38.6 Å². The Labute approximate surface area is 124 Å². The summed E-state index contributed by atoms with van der Waals surface area (Å²) in [6.07, 6.45) is 0.852. The van der Waals surface area contributed by atoms with Crippen LogP contribution in [-0.4, -0.2) is 43.7 Å². The molecule has 1 N–H and O–H groups in total. The molecule has 0 aromatic heterocycles. The fourth-order valence-corrected chi connectivity index (χ4v) is 3.46. The summed E-state index contributed by atoms with van der Waals surface area (Å²) in [4.78, 5) is 4.70. The third kappa shape index (κ3) is 3.71. The Bertz CT molecular complexity index is 436. The molecule has 1 saturated heterocycles. The number of likely N-dealkylation sites (tertiary alicyclic amines) is 1. The average molecular weight is 327 g/mol. The van der Waals surface area contributed by atoms with Crippen molar-refractivity contribution >= 4 is 21.6 Å². The fourth-order valence-electron chi connectivity index (χ4n) is 2.76.